The standard InChI is InChI=1S/C10H20F2O/c1-3-5-6-7-8-9(13)10(11,12)4-2/h9,13H,3-8H2,1-2H3. The van der Waals surface area contributed by atoms with Gasteiger partial charge in [-0.25, -0.2) is 8.78 Å². The van der Waals surface area contributed by atoms with Gasteiger partial charge in [0, 0.05) is 6.42 Å². The van der Waals surface area contributed by atoms with Gasteiger partial charge in [-0.15, -0.1) is 0 Å². The summed E-state index contributed by atoms with van der Waals surface area (Å²) in [6, 6.07) is 0. The van der Waals surface area contributed by atoms with E-state index in [9.17, 15) is 8.78 Å². The highest BCUT2D eigenvalue weighted by molar-refractivity contribution is 4.74. The van der Waals surface area contributed by atoms with E-state index >= 15 is 0 Å². The van der Waals surface area contributed by atoms with Crippen LogP contribution in [-0.2, 0) is 0 Å². The van der Waals surface area contributed by atoms with Crippen molar-refractivity contribution in [2.75, 3.05) is 0 Å². The molecule has 0 aliphatic carbocycles. The minimum Gasteiger partial charge on any atom is -0.387 e. The first-order chi connectivity index (χ1) is 6.04. The summed E-state index contributed by atoms with van der Waals surface area (Å²) in [5.41, 5.74) is 0. The van der Waals surface area contributed by atoms with Gasteiger partial charge in [-0.1, -0.05) is 39.5 Å². The van der Waals surface area contributed by atoms with Gasteiger partial charge in [0.15, 0.2) is 0 Å². The molecule has 13 heavy (non-hydrogen) atoms. The van der Waals surface area contributed by atoms with Crippen LogP contribution in [0.2, 0.25) is 0 Å². The van der Waals surface area contributed by atoms with E-state index in [1.807, 2.05) is 0 Å². The van der Waals surface area contributed by atoms with E-state index in [-0.39, 0.29) is 12.8 Å². The number of hydrogen-bond acceptors (Lipinski definition) is 1. The molecule has 0 amide bonds. The Labute approximate surface area is 79.1 Å². The zero-order valence-electron chi connectivity index (χ0n) is 8.52. The molecule has 0 heterocycles. The number of aliphatic hydroxyl groups excluding tert-OH is 1. The molecule has 1 nitrogen and oxygen atoms in total. The summed E-state index contributed by atoms with van der Waals surface area (Å²) in [7, 11) is 0. The minimum atomic E-state index is -2.90. The van der Waals surface area contributed by atoms with Gasteiger partial charge in [-0.2, -0.15) is 0 Å². The van der Waals surface area contributed by atoms with Crippen LogP contribution < -0.4 is 0 Å². The Morgan fingerprint density at radius 1 is 1.15 bits per heavy atom. The van der Waals surface area contributed by atoms with Gasteiger partial charge in [0.1, 0.15) is 6.10 Å². The molecule has 0 spiro atoms. The van der Waals surface area contributed by atoms with Crippen LogP contribution in [0.25, 0.3) is 0 Å². The summed E-state index contributed by atoms with van der Waals surface area (Å²) in [6.45, 7) is 3.46. The Bertz CT molecular complexity index is 126. The van der Waals surface area contributed by atoms with Gasteiger partial charge in [-0.3, -0.25) is 0 Å². The minimum absolute atomic E-state index is 0.223. The van der Waals surface area contributed by atoms with Gasteiger partial charge in [-0.05, 0) is 6.42 Å². The monoisotopic (exact) mass is 194 g/mol. The van der Waals surface area contributed by atoms with Gasteiger partial charge >= 0.3 is 0 Å². The zero-order chi connectivity index (χ0) is 10.3. The van der Waals surface area contributed by atoms with Crippen LogP contribution in [-0.4, -0.2) is 17.1 Å². The first kappa shape index (κ1) is 12.8. The van der Waals surface area contributed by atoms with Crippen molar-refractivity contribution in [3.8, 4) is 0 Å². The molecule has 0 aromatic carbocycles. The van der Waals surface area contributed by atoms with Crippen LogP contribution in [0.15, 0.2) is 0 Å². The molecule has 0 saturated carbocycles. The second-order valence-corrected chi connectivity index (χ2v) is 3.48. The fourth-order valence-electron chi connectivity index (χ4n) is 1.21. The van der Waals surface area contributed by atoms with E-state index in [2.05, 4.69) is 6.92 Å². The van der Waals surface area contributed by atoms with E-state index in [0.29, 0.717) is 6.42 Å². The highest BCUT2D eigenvalue weighted by atomic mass is 19.3. The highest BCUT2D eigenvalue weighted by Gasteiger charge is 2.35. The Morgan fingerprint density at radius 3 is 2.23 bits per heavy atom. The molecule has 0 aromatic rings. The van der Waals surface area contributed by atoms with Crippen LogP contribution in [0.1, 0.15) is 52.4 Å². The fourth-order valence-corrected chi connectivity index (χ4v) is 1.21. The lowest BCUT2D eigenvalue weighted by Crippen LogP contribution is -2.32. The summed E-state index contributed by atoms with van der Waals surface area (Å²) in [5, 5.41) is 9.13. The normalized spacial score (nSPS) is 14.5. The molecule has 3 heteroatoms. The maximum Gasteiger partial charge on any atom is 0.273 e. The lowest BCUT2D eigenvalue weighted by atomic mass is 10.0. The Hall–Kier alpha value is -0.180. The first-order valence-corrected chi connectivity index (χ1v) is 5.10. The maximum absolute atomic E-state index is 12.8. The van der Waals surface area contributed by atoms with E-state index in [0.717, 1.165) is 19.3 Å². The molecule has 0 saturated heterocycles. The average molecular weight is 194 g/mol. The summed E-state index contributed by atoms with van der Waals surface area (Å²) in [4.78, 5) is 0. The zero-order valence-corrected chi connectivity index (χ0v) is 8.52. The van der Waals surface area contributed by atoms with Crippen molar-refractivity contribution in [1.82, 2.24) is 0 Å². The summed E-state index contributed by atoms with van der Waals surface area (Å²) in [5.74, 6) is -2.90. The number of aliphatic hydroxyl groups is 1. The molecule has 1 N–H and O–H groups in total. The van der Waals surface area contributed by atoms with Crippen molar-refractivity contribution >= 4 is 0 Å². The van der Waals surface area contributed by atoms with Crippen LogP contribution in [0.4, 0.5) is 8.78 Å². The van der Waals surface area contributed by atoms with Crippen LogP contribution in [0, 0.1) is 0 Å². The number of alkyl halides is 2. The van der Waals surface area contributed by atoms with E-state index in [1.165, 1.54) is 6.92 Å². The predicted molar refractivity (Wildman–Crippen MR) is 50.0 cm³/mol. The highest BCUT2D eigenvalue weighted by Crippen LogP contribution is 2.25. The second kappa shape index (κ2) is 6.30. The molecule has 0 aliphatic heterocycles. The van der Waals surface area contributed by atoms with Crippen molar-refractivity contribution in [3.63, 3.8) is 0 Å². The molecular formula is C10H20F2O. The largest absolute Gasteiger partial charge is 0.387 e. The number of halogens is 2. The van der Waals surface area contributed by atoms with Gasteiger partial charge < -0.3 is 5.11 Å². The van der Waals surface area contributed by atoms with Crippen LogP contribution in [0.5, 0.6) is 0 Å². The van der Waals surface area contributed by atoms with Crippen molar-refractivity contribution in [3.05, 3.63) is 0 Å². The van der Waals surface area contributed by atoms with Crippen LogP contribution >= 0.6 is 0 Å². The first-order valence-electron chi connectivity index (χ1n) is 5.10. The van der Waals surface area contributed by atoms with Gasteiger partial charge in [0.05, 0.1) is 0 Å². The Balaban J connectivity index is 3.55. The third-order valence-electron chi connectivity index (χ3n) is 2.29. The lowest BCUT2D eigenvalue weighted by molar-refractivity contribution is -0.113. The average Bonchev–Trinajstić information content (AvgIpc) is 2.12. The number of unbranched alkanes of at least 4 members (excludes halogenated alkanes) is 3. The van der Waals surface area contributed by atoms with Crippen molar-refractivity contribution in [2.45, 2.75) is 64.4 Å². The quantitative estimate of drug-likeness (QED) is 0.616. The molecule has 0 rings (SSSR count). The van der Waals surface area contributed by atoms with Crippen LogP contribution in [0.3, 0.4) is 0 Å². The maximum atomic E-state index is 12.8. The second-order valence-electron chi connectivity index (χ2n) is 3.48. The van der Waals surface area contributed by atoms with Crippen molar-refractivity contribution < 1.29 is 13.9 Å². The third-order valence-corrected chi connectivity index (χ3v) is 2.29. The molecule has 0 aromatic heterocycles. The van der Waals surface area contributed by atoms with E-state index in [1.54, 1.807) is 0 Å². The SMILES string of the molecule is CCCCCCC(O)C(F)(F)CC. The summed E-state index contributed by atoms with van der Waals surface area (Å²) >= 11 is 0. The molecule has 0 bridgehead atoms. The lowest BCUT2D eigenvalue weighted by Gasteiger charge is -2.20. The summed E-state index contributed by atoms with van der Waals surface area (Å²) < 4.78 is 25.6. The van der Waals surface area contributed by atoms with E-state index in [4.69, 9.17) is 5.11 Å². The van der Waals surface area contributed by atoms with Crippen molar-refractivity contribution in [2.24, 2.45) is 0 Å². The predicted octanol–water partition coefficient (Wildman–Crippen LogP) is 3.36. The smallest absolute Gasteiger partial charge is 0.273 e. The molecule has 0 fully saturated rings. The molecule has 1 atom stereocenters. The molecule has 1 unspecified atom stereocenters. The van der Waals surface area contributed by atoms with Crippen molar-refractivity contribution in [1.29, 1.82) is 0 Å². The molecular weight excluding hydrogens is 174 g/mol. The Morgan fingerprint density at radius 2 is 1.77 bits per heavy atom. The number of hydrogen-bond donors (Lipinski definition) is 1. The Kier molecular flexibility index (Phi) is 6.21. The van der Waals surface area contributed by atoms with Gasteiger partial charge in [0.25, 0.3) is 5.92 Å². The third kappa shape index (κ3) is 5.19. The molecule has 0 aliphatic rings. The van der Waals surface area contributed by atoms with Gasteiger partial charge in [0.2, 0.25) is 0 Å². The summed E-state index contributed by atoms with van der Waals surface area (Å²) in [6.07, 6.45) is 2.28. The fraction of sp³-hybridized carbons (Fsp3) is 1.00. The molecule has 80 valence electrons. The van der Waals surface area contributed by atoms with E-state index < -0.39 is 12.0 Å². The molecule has 0 radical (unpaired) electrons. The topological polar surface area (TPSA) is 20.2 Å². The number of rotatable bonds is 7.